The predicted molar refractivity (Wildman–Crippen MR) is 134 cm³/mol. The molecule has 1 atom stereocenters. The van der Waals surface area contributed by atoms with Crippen molar-refractivity contribution in [3.8, 4) is 5.75 Å². The van der Waals surface area contributed by atoms with Crippen molar-refractivity contribution < 1.29 is 9.53 Å². The maximum absolute atomic E-state index is 12.5. The quantitative estimate of drug-likeness (QED) is 0.305. The number of hydrogen-bond donors (Lipinski definition) is 2. The van der Waals surface area contributed by atoms with Gasteiger partial charge in [0.1, 0.15) is 11.9 Å². The van der Waals surface area contributed by atoms with E-state index in [1.165, 1.54) is 10.4 Å². The van der Waals surface area contributed by atoms with E-state index < -0.39 is 0 Å². The number of benzene rings is 1. The summed E-state index contributed by atoms with van der Waals surface area (Å²) in [5.74, 6) is 1.60. The molecule has 0 saturated carbocycles. The van der Waals surface area contributed by atoms with E-state index in [9.17, 15) is 4.79 Å². The lowest BCUT2D eigenvalue weighted by Crippen LogP contribution is -2.43. The standard InChI is InChI=1S/C21H27ClN4O2S.HI/c1-15(28-18-5-3-17(22)4-6-18)13-25-21(23-2)24-10-7-20(27)26-11-8-19-16(14-26)9-12-29-19;/h3-6,9,12,15H,7-8,10-11,13-14H2,1-2H3,(H2,23,24,25);1H. The van der Waals surface area contributed by atoms with Gasteiger partial charge in [0.15, 0.2) is 5.96 Å². The number of fused-ring (bicyclic) bond motifs is 1. The van der Waals surface area contributed by atoms with Gasteiger partial charge < -0.3 is 20.3 Å². The van der Waals surface area contributed by atoms with Crippen LogP contribution in [0.1, 0.15) is 23.8 Å². The third-order valence-corrected chi connectivity index (χ3v) is 6.00. The Morgan fingerprint density at radius 1 is 1.30 bits per heavy atom. The Labute approximate surface area is 204 Å². The number of halogens is 2. The highest BCUT2D eigenvalue weighted by atomic mass is 127. The molecule has 30 heavy (non-hydrogen) atoms. The molecule has 1 aromatic heterocycles. The second-order valence-corrected chi connectivity index (χ2v) is 8.38. The summed E-state index contributed by atoms with van der Waals surface area (Å²) in [6, 6.07) is 9.41. The SMILES string of the molecule is CN=C(NCCC(=O)N1CCc2sccc2C1)NCC(C)Oc1ccc(Cl)cc1.I. The number of nitrogens with zero attached hydrogens (tertiary/aromatic N) is 2. The van der Waals surface area contributed by atoms with Crippen molar-refractivity contribution >= 4 is 58.8 Å². The molecule has 1 aromatic carbocycles. The third kappa shape index (κ3) is 7.31. The Morgan fingerprint density at radius 3 is 2.80 bits per heavy atom. The lowest BCUT2D eigenvalue weighted by molar-refractivity contribution is -0.131. The predicted octanol–water partition coefficient (Wildman–Crippen LogP) is 3.93. The van der Waals surface area contributed by atoms with Crippen LogP contribution in [-0.4, -0.2) is 49.6 Å². The van der Waals surface area contributed by atoms with Crippen LogP contribution >= 0.6 is 46.9 Å². The molecule has 1 amide bonds. The van der Waals surface area contributed by atoms with E-state index >= 15 is 0 Å². The zero-order valence-corrected chi connectivity index (χ0v) is 21.1. The van der Waals surface area contributed by atoms with Gasteiger partial charge in [0.2, 0.25) is 5.91 Å². The molecule has 1 aliphatic rings. The van der Waals surface area contributed by atoms with Gasteiger partial charge in [-0.05, 0) is 54.6 Å². The number of ether oxygens (including phenoxy) is 1. The number of rotatable bonds is 7. The lowest BCUT2D eigenvalue weighted by Gasteiger charge is -2.27. The first-order valence-corrected chi connectivity index (χ1v) is 11.0. The van der Waals surface area contributed by atoms with E-state index in [2.05, 4.69) is 27.1 Å². The van der Waals surface area contributed by atoms with Crippen LogP contribution < -0.4 is 15.4 Å². The van der Waals surface area contributed by atoms with E-state index in [1.807, 2.05) is 24.0 Å². The summed E-state index contributed by atoms with van der Waals surface area (Å²) < 4.78 is 5.84. The van der Waals surface area contributed by atoms with Gasteiger partial charge in [0.05, 0.1) is 6.54 Å². The van der Waals surface area contributed by atoms with Crippen LogP contribution in [0.5, 0.6) is 5.75 Å². The highest BCUT2D eigenvalue weighted by Crippen LogP contribution is 2.24. The molecule has 2 aromatic rings. The first-order chi connectivity index (χ1) is 14.0. The van der Waals surface area contributed by atoms with Crippen molar-refractivity contribution in [2.75, 3.05) is 26.7 Å². The van der Waals surface area contributed by atoms with Gasteiger partial charge in [-0.3, -0.25) is 9.79 Å². The second kappa shape index (κ2) is 12.4. The minimum absolute atomic E-state index is 0. The maximum Gasteiger partial charge on any atom is 0.224 e. The summed E-state index contributed by atoms with van der Waals surface area (Å²) in [6.45, 7) is 4.64. The number of aliphatic imine (C=N–C) groups is 1. The van der Waals surface area contributed by atoms with E-state index in [1.54, 1.807) is 30.5 Å². The molecule has 3 rings (SSSR count). The van der Waals surface area contributed by atoms with E-state index in [4.69, 9.17) is 16.3 Å². The minimum atomic E-state index is -0.0514. The highest BCUT2D eigenvalue weighted by molar-refractivity contribution is 14.0. The van der Waals surface area contributed by atoms with Crippen molar-refractivity contribution in [3.05, 3.63) is 51.2 Å². The van der Waals surface area contributed by atoms with Crippen LogP contribution in [0.15, 0.2) is 40.7 Å². The van der Waals surface area contributed by atoms with Gasteiger partial charge >= 0.3 is 0 Å². The summed E-state index contributed by atoms with van der Waals surface area (Å²) in [5, 5.41) is 9.22. The Kier molecular flexibility index (Phi) is 10.2. The van der Waals surface area contributed by atoms with Crippen molar-refractivity contribution in [3.63, 3.8) is 0 Å². The Balaban J connectivity index is 0.00000320. The number of carbonyl (C=O) groups excluding carboxylic acids is 1. The molecule has 1 unspecified atom stereocenters. The molecule has 164 valence electrons. The highest BCUT2D eigenvalue weighted by Gasteiger charge is 2.21. The zero-order valence-electron chi connectivity index (χ0n) is 17.2. The fraction of sp³-hybridized carbons (Fsp3) is 0.429. The molecule has 0 fully saturated rings. The molecule has 0 radical (unpaired) electrons. The normalized spacial score (nSPS) is 14.4. The lowest BCUT2D eigenvalue weighted by atomic mass is 10.1. The van der Waals surface area contributed by atoms with Crippen molar-refractivity contribution in [2.45, 2.75) is 32.4 Å². The number of carbonyl (C=O) groups is 1. The van der Waals surface area contributed by atoms with Crippen LogP contribution in [0.25, 0.3) is 0 Å². The summed E-state index contributed by atoms with van der Waals surface area (Å²) in [7, 11) is 1.71. The second-order valence-electron chi connectivity index (χ2n) is 6.95. The topological polar surface area (TPSA) is 66.0 Å². The fourth-order valence-electron chi connectivity index (χ4n) is 3.16. The van der Waals surface area contributed by atoms with Gasteiger partial charge in [-0.25, -0.2) is 0 Å². The summed E-state index contributed by atoms with van der Waals surface area (Å²) >= 11 is 7.67. The van der Waals surface area contributed by atoms with Crippen molar-refractivity contribution in [2.24, 2.45) is 4.99 Å². The molecular weight excluding hydrogens is 535 g/mol. The number of nitrogens with one attached hydrogen (secondary N) is 2. The molecule has 2 N–H and O–H groups in total. The molecule has 0 aliphatic carbocycles. The van der Waals surface area contributed by atoms with E-state index in [0.29, 0.717) is 30.5 Å². The summed E-state index contributed by atoms with van der Waals surface area (Å²) in [5.41, 5.74) is 1.29. The number of amides is 1. The van der Waals surface area contributed by atoms with Crippen LogP contribution in [0.3, 0.4) is 0 Å². The number of thiophene rings is 1. The van der Waals surface area contributed by atoms with Crippen molar-refractivity contribution in [1.82, 2.24) is 15.5 Å². The minimum Gasteiger partial charge on any atom is -0.489 e. The Bertz CT molecular complexity index is 844. The zero-order chi connectivity index (χ0) is 20.6. The van der Waals surface area contributed by atoms with Gasteiger partial charge in [-0.1, -0.05) is 11.6 Å². The molecule has 1 aliphatic heterocycles. The van der Waals surface area contributed by atoms with Crippen LogP contribution in [-0.2, 0) is 17.8 Å². The maximum atomic E-state index is 12.5. The third-order valence-electron chi connectivity index (χ3n) is 4.72. The first kappa shape index (κ1) is 24.7. The van der Waals surface area contributed by atoms with Crippen LogP contribution in [0, 0.1) is 0 Å². The molecule has 0 spiro atoms. The first-order valence-electron chi connectivity index (χ1n) is 9.75. The number of hydrogen-bond acceptors (Lipinski definition) is 4. The molecule has 0 saturated heterocycles. The van der Waals surface area contributed by atoms with E-state index in [0.717, 1.165) is 25.3 Å². The Morgan fingerprint density at radius 2 is 2.07 bits per heavy atom. The largest absolute Gasteiger partial charge is 0.489 e. The van der Waals surface area contributed by atoms with Crippen LogP contribution in [0.2, 0.25) is 5.02 Å². The summed E-state index contributed by atoms with van der Waals surface area (Å²) in [6.07, 6.45) is 1.35. The van der Waals surface area contributed by atoms with Crippen molar-refractivity contribution in [1.29, 1.82) is 0 Å². The smallest absolute Gasteiger partial charge is 0.224 e. The fourth-order valence-corrected chi connectivity index (χ4v) is 4.17. The molecule has 6 nitrogen and oxygen atoms in total. The summed E-state index contributed by atoms with van der Waals surface area (Å²) in [4.78, 5) is 20.0. The molecule has 0 bridgehead atoms. The average Bonchev–Trinajstić information content (AvgIpc) is 3.20. The van der Waals surface area contributed by atoms with Gasteiger partial charge in [-0.15, -0.1) is 35.3 Å². The molecule has 9 heteroatoms. The van der Waals surface area contributed by atoms with E-state index in [-0.39, 0.29) is 36.0 Å². The molecular formula is C21H28ClIN4O2S. The average molecular weight is 563 g/mol. The molecule has 2 heterocycles. The monoisotopic (exact) mass is 562 g/mol. The van der Waals surface area contributed by atoms with Gasteiger partial charge in [0, 0.05) is 43.0 Å². The Hall–Kier alpha value is -1.52. The van der Waals surface area contributed by atoms with Gasteiger partial charge in [-0.2, -0.15) is 0 Å². The number of guanidine groups is 1. The van der Waals surface area contributed by atoms with Crippen LogP contribution in [0.4, 0.5) is 0 Å². The van der Waals surface area contributed by atoms with Gasteiger partial charge in [0.25, 0.3) is 0 Å².